The number of ether oxygens (including phenoxy) is 1. The number of hydrogen-bond donors (Lipinski definition) is 0. The molecule has 0 aromatic carbocycles. The molecule has 1 aliphatic rings. The third-order valence-corrected chi connectivity index (χ3v) is 2.13. The van der Waals surface area contributed by atoms with E-state index >= 15 is 0 Å². The minimum absolute atomic E-state index is 0.154. The van der Waals surface area contributed by atoms with Crippen molar-refractivity contribution in [1.82, 2.24) is 0 Å². The van der Waals surface area contributed by atoms with Crippen LogP contribution in [0.1, 0.15) is 33.1 Å². The average Bonchev–Trinajstić information content (AvgIpc) is 2.03. The Bertz CT molecular complexity index is 194. The lowest BCUT2D eigenvalue weighted by molar-refractivity contribution is -0.112. The molecule has 0 aromatic rings. The molecule has 68 valence electrons. The minimum Gasteiger partial charge on any atom is -0.378 e. The second-order valence-corrected chi connectivity index (χ2v) is 3.27. The molecule has 0 amide bonds. The molecule has 0 aliphatic carbocycles. The van der Waals surface area contributed by atoms with Gasteiger partial charge < -0.3 is 4.74 Å². The molecule has 1 fully saturated rings. The monoisotopic (exact) mass is 168 g/mol. The van der Waals surface area contributed by atoms with Crippen LogP contribution in [0.2, 0.25) is 0 Å². The standard InChI is InChI=1S/C10H16O2/c1-3-10-7-9(4-5-12-10)6-8(2)11/h6,10H,3-5,7H2,1-2H3. The first-order valence-corrected chi connectivity index (χ1v) is 4.54. The van der Waals surface area contributed by atoms with Crippen molar-refractivity contribution < 1.29 is 9.53 Å². The van der Waals surface area contributed by atoms with Gasteiger partial charge in [0.2, 0.25) is 0 Å². The number of allylic oxidation sites excluding steroid dienone is 1. The third-order valence-electron chi connectivity index (χ3n) is 2.13. The summed E-state index contributed by atoms with van der Waals surface area (Å²) in [5, 5.41) is 0. The van der Waals surface area contributed by atoms with Crippen molar-refractivity contribution in [3.8, 4) is 0 Å². The lowest BCUT2D eigenvalue weighted by Crippen LogP contribution is -2.20. The van der Waals surface area contributed by atoms with Crippen LogP contribution in [0.4, 0.5) is 0 Å². The van der Waals surface area contributed by atoms with Gasteiger partial charge in [-0.1, -0.05) is 12.5 Å². The van der Waals surface area contributed by atoms with Crippen molar-refractivity contribution in [2.24, 2.45) is 0 Å². The van der Waals surface area contributed by atoms with Crippen LogP contribution in [-0.2, 0) is 9.53 Å². The lowest BCUT2D eigenvalue weighted by atomic mass is 10.00. The SMILES string of the molecule is CCC1CC(=CC(C)=O)CCO1. The molecule has 2 nitrogen and oxygen atoms in total. The Morgan fingerprint density at radius 2 is 2.50 bits per heavy atom. The van der Waals surface area contributed by atoms with Gasteiger partial charge in [0.1, 0.15) is 0 Å². The molecule has 1 heterocycles. The molecule has 1 saturated heterocycles. The highest BCUT2D eigenvalue weighted by Gasteiger charge is 2.15. The summed E-state index contributed by atoms with van der Waals surface area (Å²) in [4.78, 5) is 10.8. The van der Waals surface area contributed by atoms with E-state index < -0.39 is 0 Å². The quantitative estimate of drug-likeness (QED) is 0.590. The first-order chi connectivity index (χ1) is 5.72. The fourth-order valence-electron chi connectivity index (χ4n) is 1.49. The predicted octanol–water partition coefficient (Wildman–Crippen LogP) is 2.09. The van der Waals surface area contributed by atoms with Gasteiger partial charge in [0.05, 0.1) is 12.7 Å². The molecule has 0 bridgehead atoms. The molecule has 0 radical (unpaired) electrons. The lowest BCUT2D eigenvalue weighted by Gasteiger charge is -2.23. The van der Waals surface area contributed by atoms with E-state index in [2.05, 4.69) is 6.92 Å². The van der Waals surface area contributed by atoms with Crippen LogP contribution in [0.3, 0.4) is 0 Å². The van der Waals surface area contributed by atoms with Crippen LogP contribution in [0.5, 0.6) is 0 Å². The fraction of sp³-hybridized carbons (Fsp3) is 0.700. The highest BCUT2D eigenvalue weighted by molar-refractivity contribution is 5.87. The summed E-state index contributed by atoms with van der Waals surface area (Å²) < 4.78 is 5.49. The van der Waals surface area contributed by atoms with E-state index in [9.17, 15) is 4.79 Å². The molecule has 12 heavy (non-hydrogen) atoms. The zero-order valence-corrected chi connectivity index (χ0v) is 7.80. The number of carbonyl (C=O) groups is 1. The third kappa shape index (κ3) is 2.78. The number of ketones is 1. The van der Waals surface area contributed by atoms with Crippen LogP contribution in [0, 0.1) is 0 Å². The zero-order chi connectivity index (χ0) is 8.97. The first-order valence-electron chi connectivity index (χ1n) is 4.54. The molecule has 0 spiro atoms. The largest absolute Gasteiger partial charge is 0.378 e. The van der Waals surface area contributed by atoms with Gasteiger partial charge in [-0.3, -0.25) is 4.79 Å². The van der Waals surface area contributed by atoms with E-state index in [0.29, 0.717) is 6.10 Å². The maximum absolute atomic E-state index is 10.8. The Balaban J connectivity index is 2.51. The summed E-state index contributed by atoms with van der Waals surface area (Å²) in [5.41, 5.74) is 1.25. The predicted molar refractivity (Wildman–Crippen MR) is 48.0 cm³/mol. The summed E-state index contributed by atoms with van der Waals surface area (Å²) in [6, 6.07) is 0. The van der Waals surface area contributed by atoms with E-state index in [0.717, 1.165) is 25.9 Å². The summed E-state index contributed by atoms with van der Waals surface area (Å²) in [5.74, 6) is 0.154. The Labute approximate surface area is 73.6 Å². The normalized spacial score (nSPS) is 27.5. The highest BCUT2D eigenvalue weighted by atomic mass is 16.5. The van der Waals surface area contributed by atoms with Crippen LogP contribution < -0.4 is 0 Å². The van der Waals surface area contributed by atoms with Gasteiger partial charge in [-0.25, -0.2) is 0 Å². The molecule has 2 heteroatoms. The van der Waals surface area contributed by atoms with Gasteiger partial charge in [0, 0.05) is 0 Å². The Hall–Kier alpha value is -0.630. The summed E-state index contributed by atoms with van der Waals surface area (Å²) in [6.07, 6.45) is 5.00. The van der Waals surface area contributed by atoms with Crippen LogP contribution in [-0.4, -0.2) is 18.5 Å². The number of carbonyl (C=O) groups excluding carboxylic acids is 1. The molecule has 1 rings (SSSR count). The maximum atomic E-state index is 10.8. The number of hydrogen-bond acceptors (Lipinski definition) is 2. The second kappa shape index (κ2) is 4.41. The van der Waals surface area contributed by atoms with Gasteiger partial charge in [0.15, 0.2) is 5.78 Å². The van der Waals surface area contributed by atoms with E-state index in [1.165, 1.54) is 5.57 Å². The van der Waals surface area contributed by atoms with Crippen molar-refractivity contribution in [3.05, 3.63) is 11.6 Å². The van der Waals surface area contributed by atoms with Crippen molar-refractivity contribution in [2.45, 2.75) is 39.2 Å². The Morgan fingerprint density at radius 1 is 1.75 bits per heavy atom. The molecule has 0 saturated carbocycles. The van der Waals surface area contributed by atoms with E-state index in [1.54, 1.807) is 13.0 Å². The Kier molecular flexibility index (Phi) is 3.48. The molecule has 1 atom stereocenters. The summed E-state index contributed by atoms with van der Waals surface area (Å²) in [7, 11) is 0. The summed E-state index contributed by atoms with van der Waals surface area (Å²) in [6.45, 7) is 4.49. The van der Waals surface area contributed by atoms with Crippen LogP contribution >= 0.6 is 0 Å². The van der Waals surface area contributed by atoms with E-state index in [1.807, 2.05) is 0 Å². The molecule has 1 unspecified atom stereocenters. The van der Waals surface area contributed by atoms with Gasteiger partial charge >= 0.3 is 0 Å². The zero-order valence-electron chi connectivity index (χ0n) is 7.80. The smallest absolute Gasteiger partial charge is 0.152 e. The molecular formula is C10H16O2. The van der Waals surface area contributed by atoms with E-state index in [-0.39, 0.29) is 5.78 Å². The van der Waals surface area contributed by atoms with Crippen LogP contribution in [0.25, 0.3) is 0 Å². The van der Waals surface area contributed by atoms with Crippen molar-refractivity contribution in [2.75, 3.05) is 6.61 Å². The highest BCUT2D eigenvalue weighted by Crippen LogP contribution is 2.20. The first kappa shape index (κ1) is 9.46. The van der Waals surface area contributed by atoms with Gasteiger partial charge in [-0.2, -0.15) is 0 Å². The van der Waals surface area contributed by atoms with Crippen molar-refractivity contribution in [1.29, 1.82) is 0 Å². The summed E-state index contributed by atoms with van der Waals surface area (Å²) >= 11 is 0. The molecule has 0 aromatic heterocycles. The van der Waals surface area contributed by atoms with Gasteiger partial charge in [-0.15, -0.1) is 0 Å². The molecule has 1 aliphatic heterocycles. The van der Waals surface area contributed by atoms with Crippen molar-refractivity contribution in [3.63, 3.8) is 0 Å². The Morgan fingerprint density at radius 3 is 3.08 bits per heavy atom. The van der Waals surface area contributed by atoms with Gasteiger partial charge in [0.25, 0.3) is 0 Å². The van der Waals surface area contributed by atoms with Gasteiger partial charge in [-0.05, 0) is 32.3 Å². The molecule has 0 N–H and O–H groups in total. The molecular weight excluding hydrogens is 152 g/mol. The fourth-order valence-corrected chi connectivity index (χ4v) is 1.49. The van der Waals surface area contributed by atoms with Crippen LogP contribution in [0.15, 0.2) is 11.6 Å². The topological polar surface area (TPSA) is 26.3 Å². The minimum atomic E-state index is 0.154. The second-order valence-electron chi connectivity index (χ2n) is 3.27. The number of rotatable bonds is 2. The van der Waals surface area contributed by atoms with Crippen molar-refractivity contribution >= 4 is 5.78 Å². The maximum Gasteiger partial charge on any atom is 0.152 e. The van der Waals surface area contributed by atoms with E-state index in [4.69, 9.17) is 4.74 Å². The average molecular weight is 168 g/mol.